The maximum Gasteiger partial charge on any atom is 0.154 e. The highest BCUT2D eigenvalue weighted by Crippen LogP contribution is 2.11. The van der Waals surface area contributed by atoms with E-state index >= 15 is 0 Å². The second kappa shape index (κ2) is 5.94. The van der Waals surface area contributed by atoms with Crippen molar-refractivity contribution in [1.82, 2.24) is 0 Å². The molecule has 0 saturated heterocycles. The summed E-state index contributed by atoms with van der Waals surface area (Å²) in [5.41, 5.74) is 5.77. The third kappa shape index (κ3) is 3.60. The fourth-order valence-corrected chi connectivity index (χ4v) is 2.02. The van der Waals surface area contributed by atoms with Crippen molar-refractivity contribution in [2.75, 3.05) is 0 Å². The molecule has 0 bridgehead atoms. The molecule has 3 heteroatoms. The zero-order valence-corrected chi connectivity index (χ0v) is 9.35. The zero-order valence-electron chi connectivity index (χ0n) is 8.53. The first-order chi connectivity index (χ1) is 6.74. The van der Waals surface area contributed by atoms with Gasteiger partial charge in [-0.05, 0) is 17.9 Å². The summed E-state index contributed by atoms with van der Waals surface area (Å²) in [6.07, 6.45) is 3.46. The average molecular weight is 211 g/mol. The van der Waals surface area contributed by atoms with Gasteiger partial charge in [0.2, 0.25) is 0 Å². The Labute approximate surface area is 89.1 Å². The predicted molar refractivity (Wildman–Crippen MR) is 60.5 cm³/mol. The van der Waals surface area contributed by atoms with Crippen LogP contribution >= 0.6 is 11.3 Å². The molecule has 0 aliphatic heterocycles. The van der Waals surface area contributed by atoms with E-state index in [4.69, 9.17) is 5.73 Å². The van der Waals surface area contributed by atoms with E-state index in [1.807, 2.05) is 17.5 Å². The van der Waals surface area contributed by atoms with Crippen LogP contribution in [0.3, 0.4) is 0 Å². The summed E-state index contributed by atoms with van der Waals surface area (Å²) in [5, 5.41) is 1.99. The second-order valence-electron chi connectivity index (χ2n) is 3.47. The summed E-state index contributed by atoms with van der Waals surface area (Å²) in [7, 11) is 0. The molecule has 78 valence electrons. The lowest BCUT2D eigenvalue weighted by Gasteiger charge is -2.08. The van der Waals surface area contributed by atoms with Crippen LogP contribution in [0.4, 0.5) is 0 Å². The number of carbonyl (C=O) groups is 1. The standard InChI is InChI=1S/C11H17NOS/c1-2-3-6-10(12)11(13)8-9-5-4-7-14-9/h4-5,7,10H,2-3,6,8,12H2,1H3. The lowest BCUT2D eigenvalue weighted by Crippen LogP contribution is -2.31. The molecule has 0 aliphatic rings. The summed E-state index contributed by atoms with van der Waals surface area (Å²) < 4.78 is 0. The first-order valence-electron chi connectivity index (χ1n) is 5.04. The van der Waals surface area contributed by atoms with E-state index in [9.17, 15) is 4.79 Å². The molecule has 0 aliphatic carbocycles. The van der Waals surface area contributed by atoms with Gasteiger partial charge >= 0.3 is 0 Å². The Morgan fingerprint density at radius 1 is 1.64 bits per heavy atom. The van der Waals surface area contributed by atoms with Gasteiger partial charge in [-0.15, -0.1) is 11.3 Å². The van der Waals surface area contributed by atoms with E-state index in [0.717, 1.165) is 24.1 Å². The average Bonchev–Trinajstić information content (AvgIpc) is 2.66. The summed E-state index contributed by atoms with van der Waals surface area (Å²) in [6.45, 7) is 2.11. The molecule has 14 heavy (non-hydrogen) atoms. The Balaban J connectivity index is 2.34. The normalized spacial score (nSPS) is 12.7. The molecule has 1 heterocycles. The van der Waals surface area contributed by atoms with Crippen molar-refractivity contribution in [3.8, 4) is 0 Å². The van der Waals surface area contributed by atoms with Crippen molar-refractivity contribution in [3.05, 3.63) is 22.4 Å². The molecule has 0 radical (unpaired) electrons. The Morgan fingerprint density at radius 3 is 3.00 bits per heavy atom. The molecule has 0 fully saturated rings. The van der Waals surface area contributed by atoms with Crippen molar-refractivity contribution in [3.63, 3.8) is 0 Å². The minimum Gasteiger partial charge on any atom is -0.321 e. The number of rotatable bonds is 6. The van der Waals surface area contributed by atoms with Gasteiger partial charge in [-0.2, -0.15) is 0 Å². The van der Waals surface area contributed by atoms with Crippen LogP contribution < -0.4 is 5.73 Å². The molecule has 2 nitrogen and oxygen atoms in total. The molecule has 1 rings (SSSR count). The first-order valence-corrected chi connectivity index (χ1v) is 5.92. The van der Waals surface area contributed by atoms with Crippen molar-refractivity contribution in [1.29, 1.82) is 0 Å². The number of hydrogen-bond donors (Lipinski definition) is 1. The SMILES string of the molecule is CCCCC(N)C(=O)Cc1cccs1. The summed E-state index contributed by atoms with van der Waals surface area (Å²) in [4.78, 5) is 12.7. The van der Waals surface area contributed by atoms with Gasteiger partial charge in [0.05, 0.1) is 6.04 Å². The summed E-state index contributed by atoms with van der Waals surface area (Å²) in [6, 6.07) is 3.68. The molecule has 0 spiro atoms. The monoisotopic (exact) mass is 211 g/mol. The fourth-order valence-electron chi connectivity index (χ4n) is 1.30. The summed E-state index contributed by atoms with van der Waals surface area (Å²) >= 11 is 1.62. The van der Waals surface area contributed by atoms with Crippen molar-refractivity contribution < 1.29 is 4.79 Å². The second-order valence-corrected chi connectivity index (χ2v) is 4.50. The third-order valence-electron chi connectivity index (χ3n) is 2.21. The fraction of sp³-hybridized carbons (Fsp3) is 0.545. The molecule has 0 amide bonds. The molecular weight excluding hydrogens is 194 g/mol. The highest BCUT2D eigenvalue weighted by atomic mass is 32.1. The van der Waals surface area contributed by atoms with Crippen LogP contribution in [0.2, 0.25) is 0 Å². The lowest BCUT2D eigenvalue weighted by atomic mass is 10.0. The van der Waals surface area contributed by atoms with Gasteiger partial charge in [-0.25, -0.2) is 0 Å². The Hall–Kier alpha value is -0.670. The number of nitrogens with two attached hydrogens (primary N) is 1. The quantitative estimate of drug-likeness (QED) is 0.785. The molecule has 0 aromatic carbocycles. The maximum absolute atomic E-state index is 11.6. The third-order valence-corrected chi connectivity index (χ3v) is 3.09. The number of Topliss-reactive ketones (excluding diaryl/α,β-unsaturated/α-hetero) is 1. The number of unbranched alkanes of at least 4 members (excludes halogenated alkanes) is 1. The van der Waals surface area contributed by atoms with Gasteiger partial charge in [-0.1, -0.05) is 25.8 Å². The number of carbonyl (C=O) groups excluding carboxylic acids is 1. The largest absolute Gasteiger partial charge is 0.321 e. The van der Waals surface area contributed by atoms with E-state index in [2.05, 4.69) is 6.92 Å². The molecule has 0 saturated carbocycles. The molecule has 1 aromatic rings. The highest BCUT2D eigenvalue weighted by Gasteiger charge is 2.13. The smallest absolute Gasteiger partial charge is 0.154 e. The van der Waals surface area contributed by atoms with Crippen LogP contribution in [0.15, 0.2) is 17.5 Å². The molecule has 1 aromatic heterocycles. The van der Waals surface area contributed by atoms with Crippen molar-refractivity contribution >= 4 is 17.1 Å². The minimum absolute atomic E-state index is 0.168. The lowest BCUT2D eigenvalue weighted by molar-refractivity contribution is -0.119. The first kappa shape index (κ1) is 11.4. The highest BCUT2D eigenvalue weighted by molar-refractivity contribution is 7.10. The van der Waals surface area contributed by atoms with Crippen LogP contribution in [0.5, 0.6) is 0 Å². The molecule has 2 N–H and O–H groups in total. The number of ketones is 1. The zero-order chi connectivity index (χ0) is 10.4. The van der Waals surface area contributed by atoms with Gasteiger partial charge in [0.15, 0.2) is 5.78 Å². The Bertz CT molecular complexity index is 269. The minimum atomic E-state index is -0.267. The topological polar surface area (TPSA) is 43.1 Å². The number of hydrogen-bond acceptors (Lipinski definition) is 3. The predicted octanol–water partition coefficient (Wildman–Crippen LogP) is 2.38. The van der Waals surface area contributed by atoms with Crippen LogP contribution in [-0.4, -0.2) is 11.8 Å². The van der Waals surface area contributed by atoms with Crippen LogP contribution in [-0.2, 0) is 11.2 Å². The Kier molecular flexibility index (Phi) is 4.84. The Morgan fingerprint density at radius 2 is 2.43 bits per heavy atom. The molecule has 1 atom stereocenters. The van der Waals surface area contributed by atoms with Gasteiger partial charge < -0.3 is 5.73 Å². The van der Waals surface area contributed by atoms with E-state index in [0.29, 0.717) is 6.42 Å². The van der Waals surface area contributed by atoms with Crippen molar-refractivity contribution in [2.45, 2.75) is 38.6 Å². The van der Waals surface area contributed by atoms with Crippen molar-refractivity contribution in [2.24, 2.45) is 5.73 Å². The van der Waals surface area contributed by atoms with Crippen LogP contribution in [0.1, 0.15) is 31.1 Å². The molecule has 1 unspecified atom stereocenters. The number of thiophene rings is 1. The maximum atomic E-state index is 11.6. The van der Waals surface area contributed by atoms with Gasteiger partial charge in [0.25, 0.3) is 0 Å². The van der Waals surface area contributed by atoms with E-state index in [1.54, 1.807) is 11.3 Å². The van der Waals surface area contributed by atoms with Crippen LogP contribution in [0, 0.1) is 0 Å². The van der Waals surface area contributed by atoms with Gasteiger partial charge in [-0.3, -0.25) is 4.79 Å². The van der Waals surface area contributed by atoms with Crippen LogP contribution in [0.25, 0.3) is 0 Å². The van der Waals surface area contributed by atoms with E-state index in [-0.39, 0.29) is 11.8 Å². The van der Waals surface area contributed by atoms with E-state index in [1.165, 1.54) is 0 Å². The van der Waals surface area contributed by atoms with Gasteiger partial charge in [0, 0.05) is 11.3 Å². The van der Waals surface area contributed by atoms with E-state index < -0.39 is 0 Å². The van der Waals surface area contributed by atoms with Gasteiger partial charge in [0.1, 0.15) is 0 Å². The molecular formula is C11H17NOS. The summed E-state index contributed by atoms with van der Waals surface area (Å²) in [5.74, 6) is 0.168.